The Morgan fingerprint density at radius 1 is 1.33 bits per heavy atom. The Bertz CT molecular complexity index is 566. The molecule has 2 N–H and O–H groups in total. The molecule has 2 aromatic rings. The van der Waals surface area contributed by atoms with E-state index in [1.165, 1.54) is 0 Å². The first-order valence-electron chi connectivity index (χ1n) is 4.63. The van der Waals surface area contributed by atoms with Gasteiger partial charge in [0.15, 0.2) is 5.16 Å². The highest BCUT2D eigenvalue weighted by Gasteiger charge is 2.32. The third-order valence-electron chi connectivity index (χ3n) is 1.94. The smallest absolute Gasteiger partial charge is 0.336 e. The normalized spacial score (nSPS) is 11.8. The zero-order valence-corrected chi connectivity index (χ0v) is 9.83. The Morgan fingerprint density at radius 3 is 2.61 bits per heavy atom. The molecule has 2 heterocycles. The summed E-state index contributed by atoms with van der Waals surface area (Å²) in [6.45, 7) is 1.62. The van der Waals surface area contributed by atoms with E-state index in [2.05, 4.69) is 20.2 Å². The minimum Gasteiger partial charge on any atom is -0.336 e. The van der Waals surface area contributed by atoms with Gasteiger partial charge in [-0.1, -0.05) is 0 Å². The van der Waals surface area contributed by atoms with Crippen LogP contribution in [0.25, 0.3) is 0 Å². The van der Waals surface area contributed by atoms with Gasteiger partial charge in [-0.3, -0.25) is 0 Å². The molecule has 0 spiro atoms. The fourth-order valence-electron chi connectivity index (χ4n) is 1.05. The van der Waals surface area contributed by atoms with Crippen molar-refractivity contribution >= 4 is 11.8 Å². The molecule has 0 saturated heterocycles. The van der Waals surface area contributed by atoms with Gasteiger partial charge in [-0.05, 0) is 24.8 Å². The molecule has 2 aromatic heterocycles. The maximum Gasteiger partial charge on any atom is 0.433 e. The molecule has 0 aromatic carbocycles. The topological polar surface area (TPSA) is 82.5 Å². The van der Waals surface area contributed by atoms with Gasteiger partial charge in [0, 0.05) is 6.20 Å². The van der Waals surface area contributed by atoms with Crippen molar-refractivity contribution in [2.24, 2.45) is 0 Å². The Balaban J connectivity index is 2.28. The Labute approximate surface area is 103 Å². The lowest BCUT2D eigenvalue weighted by molar-refractivity contribution is -0.141. The first kappa shape index (κ1) is 12.6. The molecule has 0 aliphatic carbocycles. The summed E-state index contributed by atoms with van der Waals surface area (Å²) in [6.07, 6.45) is -3.48. The van der Waals surface area contributed by atoms with Crippen molar-refractivity contribution in [1.29, 1.82) is 0 Å². The van der Waals surface area contributed by atoms with Crippen LogP contribution in [0.4, 0.5) is 13.2 Å². The molecule has 0 amide bonds. The monoisotopic (exact) mass is 276 g/mol. The highest BCUT2D eigenvalue weighted by atomic mass is 32.2. The van der Waals surface area contributed by atoms with E-state index in [1.54, 1.807) is 6.92 Å². The summed E-state index contributed by atoms with van der Waals surface area (Å²) in [7, 11) is 0. The van der Waals surface area contributed by atoms with Crippen LogP contribution in [0.3, 0.4) is 0 Å². The Kier molecular flexibility index (Phi) is 3.11. The molecule has 0 aliphatic rings. The Hall–Kier alpha value is -1.84. The molecule has 0 unspecified atom stereocenters. The number of rotatable bonds is 2. The Morgan fingerprint density at radius 2 is 2.06 bits per heavy atom. The second-order valence-electron chi connectivity index (χ2n) is 3.22. The first-order valence-corrected chi connectivity index (χ1v) is 5.45. The van der Waals surface area contributed by atoms with Crippen LogP contribution < -0.4 is 5.84 Å². The number of nitrogens with zero attached hydrogens (tertiary/aromatic N) is 5. The van der Waals surface area contributed by atoms with Gasteiger partial charge in [0.2, 0.25) is 5.16 Å². The van der Waals surface area contributed by atoms with Crippen LogP contribution in [-0.2, 0) is 6.18 Å². The highest BCUT2D eigenvalue weighted by molar-refractivity contribution is 7.99. The number of halogens is 3. The summed E-state index contributed by atoms with van der Waals surface area (Å²) < 4.78 is 38.4. The molecule has 0 aliphatic heterocycles. The number of hydrogen-bond donors (Lipinski definition) is 1. The quantitative estimate of drug-likeness (QED) is 0.657. The third-order valence-corrected chi connectivity index (χ3v) is 2.78. The molecular weight excluding hydrogens is 269 g/mol. The lowest BCUT2D eigenvalue weighted by Crippen LogP contribution is -2.12. The van der Waals surface area contributed by atoms with E-state index in [9.17, 15) is 13.2 Å². The van der Waals surface area contributed by atoms with Crippen molar-refractivity contribution < 1.29 is 13.2 Å². The van der Waals surface area contributed by atoms with Crippen LogP contribution >= 0.6 is 11.8 Å². The fourth-order valence-corrected chi connectivity index (χ4v) is 1.78. The summed E-state index contributed by atoms with van der Waals surface area (Å²) in [5, 5.41) is 7.49. The van der Waals surface area contributed by atoms with Crippen LogP contribution in [0, 0.1) is 6.92 Å². The number of hydrogen-bond acceptors (Lipinski definition) is 6. The summed E-state index contributed by atoms with van der Waals surface area (Å²) in [5.41, 5.74) is -1.01. The molecule has 6 nitrogen and oxygen atoms in total. The molecule has 0 saturated carbocycles. The molecule has 10 heteroatoms. The zero-order chi connectivity index (χ0) is 13.3. The molecular formula is C8H7F3N6S. The van der Waals surface area contributed by atoms with Crippen LogP contribution in [0.1, 0.15) is 11.5 Å². The lowest BCUT2D eigenvalue weighted by Gasteiger charge is -2.06. The zero-order valence-electron chi connectivity index (χ0n) is 9.01. The summed E-state index contributed by atoms with van der Waals surface area (Å²) in [6, 6.07) is 0.794. The highest BCUT2D eigenvalue weighted by Crippen LogP contribution is 2.29. The number of aromatic nitrogens is 5. The van der Waals surface area contributed by atoms with E-state index in [0.717, 1.165) is 28.7 Å². The maximum atomic E-state index is 12.4. The number of nitrogen functional groups attached to an aromatic ring is 1. The molecule has 0 bridgehead atoms. The van der Waals surface area contributed by atoms with E-state index in [-0.39, 0.29) is 10.3 Å². The maximum absolute atomic E-state index is 12.4. The molecule has 2 rings (SSSR count). The standard InChI is InChI=1S/C8H7F3N6S/c1-4-15-16-7(17(4)12)18-6-13-3-2-5(14-6)8(9,10)11/h2-3H,12H2,1H3. The van der Waals surface area contributed by atoms with E-state index in [4.69, 9.17) is 5.84 Å². The molecule has 0 radical (unpaired) electrons. The van der Waals surface area contributed by atoms with Gasteiger partial charge in [0.25, 0.3) is 0 Å². The molecule has 0 atom stereocenters. The van der Waals surface area contributed by atoms with Gasteiger partial charge in [0.05, 0.1) is 0 Å². The molecule has 96 valence electrons. The van der Waals surface area contributed by atoms with E-state index < -0.39 is 11.9 Å². The SMILES string of the molecule is Cc1nnc(Sc2nccc(C(F)(F)F)n2)n1N. The van der Waals surface area contributed by atoms with Gasteiger partial charge >= 0.3 is 6.18 Å². The molecule has 0 fully saturated rings. The van der Waals surface area contributed by atoms with E-state index >= 15 is 0 Å². The fraction of sp³-hybridized carbons (Fsp3) is 0.250. The average Bonchev–Trinajstić information content (AvgIpc) is 2.60. The second kappa shape index (κ2) is 4.44. The van der Waals surface area contributed by atoms with Crippen LogP contribution in [0.5, 0.6) is 0 Å². The number of nitrogens with two attached hydrogens (primary N) is 1. The minimum atomic E-state index is -4.51. The average molecular weight is 276 g/mol. The van der Waals surface area contributed by atoms with Gasteiger partial charge in [-0.2, -0.15) is 13.2 Å². The minimum absolute atomic E-state index is 0.0936. The summed E-state index contributed by atoms with van der Waals surface area (Å²) in [5.74, 6) is 6.00. The van der Waals surface area contributed by atoms with Crippen LogP contribution in [-0.4, -0.2) is 24.8 Å². The largest absolute Gasteiger partial charge is 0.433 e. The van der Waals surface area contributed by atoms with Crippen molar-refractivity contribution in [3.63, 3.8) is 0 Å². The summed E-state index contributed by atoms with van der Waals surface area (Å²) >= 11 is 0.807. The van der Waals surface area contributed by atoms with Gasteiger partial charge in [-0.25, -0.2) is 14.6 Å². The van der Waals surface area contributed by atoms with Crippen molar-refractivity contribution in [3.05, 3.63) is 23.8 Å². The first-order chi connectivity index (χ1) is 8.38. The second-order valence-corrected chi connectivity index (χ2v) is 4.16. The van der Waals surface area contributed by atoms with E-state index in [0.29, 0.717) is 5.82 Å². The third kappa shape index (κ3) is 2.53. The van der Waals surface area contributed by atoms with Gasteiger partial charge in [-0.15, -0.1) is 10.2 Å². The van der Waals surface area contributed by atoms with Crippen molar-refractivity contribution in [2.45, 2.75) is 23.4 Å². The number of alkyl halides is 3. The van der Waals surface area contributed by atoms with Gasteiger partial charge in [0.1, 0.15) is 11.5 Å². The van der Waals surface area contributed by atoms with Crippen molar-refractivity contribution in [2.75, 3.05) is 5.84 Å². The van der Waals surface area contributed by atoms with E-state index in [1.807, 2.05) is 0 Å². The predicted octanol–water partition coefficient (Wildman–Crippen LogP) is 1.26. The molecule has 18 heavy (non-hydrogen) atoms. The lowest BCUT2D eigenvalue weighted by atomic mass is 10.4. The van der Waals surface area contributed by atoms with Crippen molar-refractivity contribution in [1.82, 2.24) is 24.8 Å². The van der Waals surface area contributed by atoms with Crippen molar-refractivity contribution in [3.8, 4) is 0 Å². The van der Waals surface area contributed by atoms with Crippen LogP contribution in [0.15, 0.2) is 22.6 Å². The number of aryl methyl sites for hydroxylation is 1. The predicted molar refractivity (Wildman–Crippen MR) is 56.1 cm³/mol. The van der Waals surface area contributed by atoms with Gasteiger partial charge < -0.3 is 5.84 Å². The van der Waals surface area contributed by atoms with Crippen LogP contribution in [0.2, 0.25) is 0 Å². The summed E-state index contributed by atoms with van der Waals surface area (Å²) in [4.78, 5) is 7.09.